The van der Waals surface area contributed by atoms with Crippen LogP contribution in [0.15, 0.2) is 0 Å². The first-order valence-corrected chi connectivity index (χ1v) is 9.92. The SMILES string of the molecule is COCCn1nnnc1C(CC(C)C)N1CCN(C2CCCC2)CC1.Cl. The Bertz CT molecular complexity index is 512. The molecule has 1 unspecified atom stereocenters. The van der Waals surface area contributed by atoms with Crippen LogP contribution >= 0.6 is 12.4 Å². The third-order valence-electron chi connectivity index (χ3n) is 5.69. The number of hydrogen-bond donors (Lipinski definition) is 0. The fourth-order valence-electron chi connectivity index (χ4n) is 4.34. The maximum Gasteiger partial charge on any atom is 0.168 e. The number of rotatable bonds is 8. The molecule has 1 aliphatic carbocycles. The highest BCUT2D eigenvalue weighted by atomic mass is 35.5. The van der Waals surface area contributed by atoms with Gasteiger partial charge < -0.3 is 4.74 Å². The molecule has 1 saturated heterocycles. The van der Waals surface area contributed by atoms with Gasteiger partial charge in [0.1, 0.15) is 0 Å². The van der Waals surface area contributed by atoms with Gasteiger partial charge in [-0.25, -0.2) is 4.68 Å². The van der Waals surface area contributed by atoms with E-state index in [-0.39, 0.29) is 12.4 Å². The second-order valence-corrected chi connectivity index (χ2v) is 7.91. The lowest BCUT2D eigenvalue weighted by molar-refractivity contribution is 0.0579. The Morgan fingerprint density at radius 1 is 1.12 bits per heavy atom. The number of ether oxygens (including phenoxy) is 1. The summed E-state index contributed by atoms with van der Waals surface area (Å²) in [5.74, 6) is 1.62. The standard InChI is InChI=1S/C18H34N6O.ClH/c1-15(2)14-17(18-19-20-21-24(18)12-13-25-3)23-10-8-22(9-11-23)16-6-4-5-7-16;/h15-17H,4-14H2,1-3H3;1H. The zero-order valence-electron chi connectivity index (χ0n) is 16.5. The first-order chi connectivity index (χ1) is 12.2. The first kappa shape index (κ1) is 21.5. The lowest BCUT2D eigenvalue weighted by Crippen LogP contribution is -2.51. The third-order valence-corrected chi connectivity index (χ3v) is 5.69. The molecule has 2 aliphatic rings. The van der Waals surface area contributed by atoms with Crippen LogP contribution < -0.4 is 0 Å². The molecule has 1 saturated carbocycles. The van der Waals surface area contributed by atoms with E-state index in [1.807, 2.05) is 4.68 Å². The highest BCUT2D eigenvalue weighted by Gasteiger charge is 2.32. The minimum atomic E-state index is 0. The molecule has 2 fully saturated rings. The van der Waals surface area contributed by atoms with E-state index in [4.69, 9.17) is 4.74 Å². The van der Waals surface area contributed by atoms with Crippen LogP contribution in [0.3, 0.4) is 0 Å². The summed E-state index contributed by atoms with van der Waals surface area (Å²) in [5, 5.41) is 12.5. The summed E-state index contributed by atoms with van der Waals surface area (Å²) in [6.45, 7) is 10.5. The minimum Gasteiger partial charge on any atom is -0.383 e. The Balaban J connectivity index is 0.00000243. The van der Waals surface area contributed by atoms with Gasteiger partial charge in [-0.2, -0.15) is 0 Å². The molecule has 26 heavy (non-hydrogen) atoms. The van der Waals surface area contributed by atoms with Crippen molar-refractivity contribution in [3.63, 3.8) is 0 Å². The van der Waals surface area contributed by atoms with Crippen molar-refractivity contribution in [2.45, 2.75) is 64.6 Å². The van der Waals surface area contributed by atoms with E-state index in [1.165, 1.54) is 38.8 Å². The van der Waals surface area contributed by atoms with Crippen LogP contribution in [0.2, 0.25) is 0 Å². The van der Waals surface area contributed by atoms with Crippen molar-refractivity contribution in [2.75, 3.05) is 39.9 Å². The van der Waals surface area contributed by atoms with E-state index < -0.39 is 0 Å². The van der Waals surface area contributed by atoms with Gasteiger partial charge in [-0.3, -0.25) is 9.80 Å². The molecule has 3 rings (SSSR count). The van der Waals surface area contributed by atoms with Gasteiger partial charge in [0, 0.05) is 39.3 Å². The average Bonchev–Trinajstić information content (AvgIpc) is 3.29. The minimum absolute atomic E-state index is 0. The summed E-state index contributed by atoms with van der Waals surface area (Å²) in [6.07, 6.45) is 6.70. The summed E-state index contributed by atoms with van der Waals surface area (Å²) >= 11 is 0. The van der Waals surface area contributed by atoms with Crippen molar-refractivity contribution in [1.29, 1.82) is 0 Å². The number of nitrogens with zero attached hydrogens (tertiary/aromatic N) is 6. The van der Waals surface area contributed by atoms with Crippen molar-refractivity contribution in [3.05, 3.63) is 5.82 Å². The van der Waals surface area contributed by atoms with Gasteiger partial charge in [0.15, 0.2) is 5.82 Å². The van der Waals surface area contributed by atoms with Crippen molar-refractivity contribution in [1.82, 2.24) is 30.0 Å². The number of hydrogen-bond acceptors (Lipinski definition) is 6. The number of halogens is 1. The van der Waals surface area contributed by atoms with Crippen LogP contribution in [0.1, 0.15) is 57.8 Å². The fourth-order valence-corrected chi connectivity index (χ4v) is 4.34. The second kappa shape index (κ2) is 10.5. The van der Waals surface area contributed by atoms with Crippen LogP contribution in [0.25, 0.3) is 0 Å². The molecule has 0 amide bonds. The van der Waals surface area contributed by atoms with Crippen LogP contribution in [-0.4, -0.2) is 75.9 Å². The van der Waals surface area contributed by atoms with Crippen LogP contribution in [0, 0.1) is 5.92 Å². The quantitative estimate of drug-likeness (QED) is 0.683. The molecule has 8 heteroatoms. The van der Waals surface area contributed by atoms with E-state index in [0.717, 1.165) is 37.9 Å². The lowest BCUT2D eigenvalue weighted by atomic mass is 10.0. The Hall–Kier alpha value is -0.760. The van der Waals surface area contributed by atoms with Crippen molar-refractivity contribution < 1.29 is 4.74 Å². The Labute approximate surface area is 163 Å². The Kier molecular flexibility index (Phi) is 8.73. The topological polar surface area (TPSA) is 59.3 Å². The molecule has 0 aromatic carbocycles. The second-order valence-electron chi connectivity index (χ2n) is 7.91. The molecule has 0 bridgehead atoms. The predicted molar refractivity (Wildman–Crippen MR) is 105 cm³/mol. The van der Waals surface area contributed by atoms with Gasteiger partial charge in [-0.05, 0) is 35.6 Å². The molecule has 2 heterocycles. The van der Waals surface area contributed by atoms with Gasteiger partial charge in [0.25, 0.3) is 0 Å². The van der Waals surface area contributed by atoms with Crippen LogP contribution in [0.4, 0.5) is 0 Å². The number of piperazine rings is 1. The van der Waals surface area contributed by atoms with Crippen molar-refractivity contribution >= 4 is 12.4 Å². The van der Waals surface area contributed by atoms with Gasteiger partial charge in [0.2, 0.25) is 0 Å². The smallest absolute Gasteiger partial charge is 0.168 e. The highest BCUT2D eigenvalue weighted by Crippen LogP contribution is 2.29. The molecule has 150 valence electrons. The van der Waals surface area contributed by atoms with E-state index in [2.05, 4.69) is 39.2 Å². The van der Waals surface area contributed by atoms with Crippen molar-refractivity contribution in [3.8, 4) is 0 Å². The lowest BCUT2D eigenvalue weighted by Gasteiger charge is -2.41. The number of methoxy groups -OCH3 is 1. The maximum atomic E-state index is 5.21. The number of aromatic nitrogens is 4. The largest absolute Gasteiger partial charge is 0.383 e. The zero-order valence-corrected chi connectivity index (χ0v) is 17.3. The maximum absolute atomic E-state index is 5.21. The summed E-state index contributed by atoms with van der Waals surface area (Å²) in [4.78, 5) is 5.31. The summed E-state index contributed by atoms with van der Waals surface area (Å²) < 4.78 is 7.14. The third kappa shape index (κ3) is 5.38. The monoisotopic (exact) mass is 386 g/mol. The molecular weight excluding hydrogens is 352 g/mol. The van der Waals surface area contributed by atoms with E-state index in [9.17, 15) is 0 Å². The van der Waals surface area contributed by atoms with Crippen molar-refractivity contribution in [2.24, 2.45) is 5.92 Å². The molecule has 7 nitrogen and oxygen atoms in total. The first-order valence-electron chi connectivity index (χ1n) is 9.92. The molecule has 1 aromatic rings. The number of tetrazole rings is 1. The van der Waals surface area contributed by atoms with Gasteiger partial charge >= 0.3 is 0 Å². The molecule has 1 aliphatic heterocycles. The highest BCUT2D eigenvalue weighted by molar-refractivity contribution is 5.85. The van der Waals surface area contributed by atoms with E-state index in [0.29, 0.717) is 18.6 Å². The zero-order chi connectivity index (χ0) is 17.6. The molecule has 0 N–H and O–H groups in total. The normalized spacial score (nSPS) is 21.2. The van der Waals surface area contributed by atoms with E-state index in [1.54, 1.807) is 7.11 Å². The molecule has 0 spiro atoms. The summed E-state index contributed by atoms with van der Waals surface area (Å²) in [7, 11) is 1.72. The van der Waals surface area contributed by atoms with Crippen LogP contribution in [0.5, 0.6) is 0 Å². The summed E-state index contributed by atoms with van der Waals surface area (Å²) in [5.41, 5.74) is 0. The Morgan fingerprint density at radius 3 is 2.42 bits per heavy atom. The predicted octanol–water partition coefficient (Wildman–Crippen LogP) is 2.39. The van der Waals surface area contributed by atoms with Crippen LogP contribution in [-0.2, 0) is 11.3 Å². The van der Waals surface area contributed by atoms with Gasteiger partial charge in [-0.15, -0.1) is 17.5 Å². The van der Waals surface area contributed by atoms with Gasteiger partial charge in [0.05, 0.1) is 19.2 Å². The molecule has 1 atom stereocenters. The molecule has 1 aromatic heterocycles. The average molecular weight is 387 g/mol. The molecular formula is C18H35ClN6O. The fraction of sp³-hybridized carbons (Fsp3) is 0.944. The summed E-state index contributed by atoms with van der Waals surface area (Å²) in [6, 6.07) is 1.13. The Morgan fingerprint density at radius 2 is 1.81 bits per heavy atom. The molecule has 0 radical (unpaired) electrons. The van der Waals surface area contributed by atoms with E-state index >= 15 is 0 Å². The van der Waals surface area contributed by atoms with Gasteiger partial charge in [-0.1, -0.05) is 26.7 Å².